The van der Waals surface area contributed by atoms with Crippen molar-refractivity contribution in [1.29, 1.82) is 5.26 Å². The number of nitriles is 1. The summed E-state index contributed by atoms with van der Waals surface area (Å²) in [5, 5.41) is 8.91. The number of carbonyl (C=O) groups excluding carboxylic acids is 1. The van der Waals surface area contributed by atoms with Gasteiger partial charge < -0.3 is 0 Å². The fourth-order valence-corrected chi connectivity index (χ4v) is 2.81. The van der Waals surface area contributed by atoms with Gasteiger partial charge in [-0.2, -0.15) is 5.26 Å². The lowest BCUT2D eigenvalue weighted by molar-refractivity contribution is 0.0910. The SMILES string of the molecule is CC1(C)CC(=O)c2ccc(C#Cc3cccc(C#N)c3)nc2C1. The van der Waals surface area contributed by atoms with E-state index in [0.29, 0.717) is 17.7 Å². The number of hydrogen-bond donors (Lipinski definition) is 0. The number of pyridine rings is 1. The van der Waals surface area contributed by atoms with E-state index in [9.17, 15) is 4.79 Å². The van der Waals surface area contributed by atoms with E-state index in [1.165, 1.54) is 0 Å². The van der Waals surface area contributed by atoms with Crippen molar-refractivity contribution < 1.29 is 4.79 Å². The van der Waals surface area contributed by atoms with Crippen molar-refractivity contribution in [2.45, 2.75) is 26.7 Å². The maximum absolute atomic E-state index is 12.2. The molecule has 2 aromatic rings. The highest BCUT2D eigenvalue weighted by Crippen LogP contribution is 2.33. The van der Waals surface area contributed by atoms with Crippen molar-refractivity contribution in [3.8, 4) is 17.9 Å². The predicted molar refractivity (Wildman–Crippen MR) is 87.8 cm³/mol. The maximum atomic E-state index is 12.2. The van der Waals surface area contributed by atoms with Crippen LogP contribution in [-0.4, -0.2) is 10.8 Å². The molecule has 0 atom stereocenters. The Morgan fingerprint density at radius 1 is 1.09 bits per heavy atom. The van der Waals surface area contributed by atoms with Crippen LogP contribution in [0.1, 0.15) is 53.1 Å². The van der Waals surface area contributed by atoms with Gasteiger partial charge in [0.1, 0.15) is 5.69 Å². The third kappa shape index (κ3) is 3.30. The number of nitrogens with zero attached hydrogens (tertiary/aromatic N) is 2. The molecule has 0 radical (unpaired) electrons. The topological polar surface area (TPSA) is 53.8 Å². The molecule has 0 unspecified atom stereocenters. The van der Waals surface area contributed by atoms with Gasteiger partial charge in [0.05, 0.1) is 17.3 Å². The van der Waals surface area contributed by atoms with Gasteiger partial charge in [-0.3, -0.25) is 4.79 Å². The summed E-state index contributed by atoms with van der Waals surface area (Å²) in [6.07, 6.45) is 1.35. The van der Waals surface area contributed by atoms with E-state index in [-0.39, 0.29) is 11.2 Å². The molecule has 23 heavy (non-hydrogen) atoms. The fraction of sp³-hybridized carbons (Fsp3) is 0.250. The standard InChI is InChI=1S/C20H16N2O/c1-20(2)11-18-17(19(23)12-20)9-8-16(22-18)7-6-14-4-3-5-15(10-14)13-21/h3-5,8-10H,11-12H2,1-2H3. The first kappa shape index (κ1) is 15.0. The van der Waals surface area contributed by atoms with E-state index in [1.807, 2.05) is 18.2 Å². The third-order valence-electron chi connectivity index (χ3n) is 3.89. The number of Topliss-reactive ketones (excluding diaryl/α,β-unsaturated/α-hetero) is 1. The van der Waals surface area contributed by atoms with Crippen molar-refractivity contribution in [3.05, 3.63) is 64.5 Å². The second kappa shape index (κ2) is 5.71. The van der Waals surface area contributed by atoms with E-state index in [0.717, 1.165) is 23.2 Å². The maximum Gasteiger partial charge on any atom is 0.165 e. The number of ketones is 1. The predicted octanol–water partition coefficient (Wildman–Crippen LogP) is 3.51. The van der Waals surface area contributed by atoms with Crippen LogP contribution in [-0.2, 0) is 6.42 Å². The minimum absolute atomic E-state index is 0.0513. The molecule has 0 aliphatic heterocycles. The second-order valence-electron chi connectivity index (χ2n) is 6.57. The molecule has 0 amide bonds. The molecule has 1 aliphatic carbocycles. The fourth-order valence-electron chi connectivity index (χ4n) is 2.81. The van der Waals surface area contributed by atoms with Crippen LogP contribution in [0, 0.1) is 28.6 Å². The van der Waals surface area contributed by atoms with E-state index in [2.05, 4.69) is 36.7 Å². The highest BCUT2D eigenvalue weighted by atomic mass is 16.1. The molecule has 0 saturated carbocycles. The molecule has 3 nitrogen and oxygen atoms in total. The third-order valence-corrected chi connectivity index (χ3v) is 3.89. The van der Waals surface area contributed by atoms with Gasteiger partial charge in [0.2, 0.25) is 0 Å². The molecule has 0 bridgehead atoms. The largest absolute Gasteiger partial charge is 0.294 e. The van der Waals surface area contributed by atoms with Gasteiger partial charge in [-0.25, -0.2) is 4.98 Å². The minimum atomic E-state index is -0.0513. The van der Waals surface area contributed by atoms with Crippen LogP contribution in [0.2, 0.25) is 0 Å². The Labute approximate surface area is 136 Å². The highest BCUT2D eigenvalue weighted by Gasteiger charge is 2.31. The molecule has 1 aromatic heterocycles. The summed E-state index contributed by atoms with van der Waals surface area (Å²) < 4.78 is 0. The quantitative estimate of drug-likeness (QED) is 0.700. The van der Waals surface area contributed by atoms with Crippen molar-refractivity contribution in [2.75, 3.05) is 0 Å². The number of benzene rings is 1. The molecule has 0 saturated heterocycles. The molecule has 0 spiro atoms. The van der Waals surface area contributed by atoms with Crippen LogP contribution in [0.5, 0.6) is 0 Å². The Morgan fingerprint density at radius 3 is 2.65 bits per heavy atom. The van der Waals surface area contributed by atoms with Gasteiger partial charge in [-0.15, -0.1) is 0 Å². The summed E-state index contributed by atoms with van der Waals surface area (Å²) in [4.78, 5) is 16.7. The zero-order valence-electron chi connectivity index (χ0n) is 13.2. The lowest BCUT2D eigenvalue weighted by atomic mass is 9.75. The van der Waals surface area contributed by atoms with Crippen LogP contribution >= 0.6 is 0 Å². The Morgan fingerprint density at radius 2 is 1.87 bits per heavy atom. The molecular weight excluding hydrogens is 284 g/mol. The second-order valence-corrected chi connectivity index (χ2v) is 6.57. The van der Waals surface area contributed by atoms with E-state index in [1.54, 1.807) is 18.2 Å². The number of hydrogen-bond acceptors (Lipinski definition) is 3. The normalized spacial score (nSPS) is 15.1. The molecule has 0 fully saturated rings. The zero-order valence-corrected chi connectivity index (χ0v) is 13.2. The molecule has 3 heteroatoms. The highest BCUT2D eigenvalue weighted by molar-refractivity contribution is 5.98. The van der Waals surface area contributed by atoms with Crippen LogP contribution in [0.3, 0.4) is 0 Å². The van der Waals surface area contributed by atoms with Crippen LogP contribution < -0.4 is 0 Å². The number of rotatable bonds is 0. The Kier molecular flexibility index (Phi) is 3.72. The van der Waals surface area contributed by atoms with Crippen LogP contribution in [0.4, 0.5) is 0 Å². The number of carbonyl (C=O) groups is 1. The molecule has 1 aromatic carbocycles. The van der Waals surface area contributed by atoms with E-state index < -0.39 is 0 Å². The van der Waals surface area contributed by atoms with Crippen molar-refractivity contribution in [3.63, 3.8) is 0 Å². The average Bonchev–Trinajstić information content (AvgIpc) is 2.51. The Bertz CT molecular complexity index is 892. The molecule has 112 valence electrons. The van der Waals surface area contributed by atoms with Gasteiger partial charge in [0.15, 0.2) is 5.78 Å². The van der Waals surface area contributed by atoms with E-state index in [4.69, 9.17) is 5.26 Å². The Balaban J connectivity index is 1.93. The summed E-state index contributed by atoms with van der Waals surface area (Å²) in [6.45, 7) is 4.17. The molecule has 1 heterocycles. The zero-order chi connectivity index (χ0) is 16.4. The monoisotopic (exact) mass is 300 g/mol. The first-order valence-corrected chi connectivity index (χ1v) is 7.52. The molecule has 1 aliphatic rings. The average molecular weight is 300 g/mol. The Hall–Kier alpha value is -2.91. The summed E-state index contributed by atoms with van der Waals surface area (Å²) in [5.41, 5.74) is 3.52. The summed E-state index contributed by atoms with van der Waals surface area (Å²) >= 11 is 0. The van der Waals surface area contributed by atoms with E-state index >= 15 is 0 Å². The first-order chi connectivity index (χ1) is 11.0. The summed E-state index contributed by atoms with van der Waals surface area (Å²) in [5.74, 6) is 6.21. The van der Waals surface area contributed by atoms with Crippen LogP contribution in [0.25, 0.3) is 0 Å². The number of aromatic nitrogens is 1. The molecule has 0 N–H and O–H groups in total. The van der Waals surface area contributed by atoms with Crippen molar-refractivity contribution in [1.82, 2.24) is 4.98 Å². The molecule has 3 rings (SSSR count). The van der Waals surface area contributed by atoms with Crippen LogP contribution in [0.15, 0.2) is 36.4 Å². The number of fused-ring (bicyclic) bond motifs is 1. The summed E-state index contributed by atoms with van der Waals surface area (Å²) in [6, 6.07) is 12.9. The lowest BCUT2D eigenvalue weighted by Crippen LogP contribution is -2.28. The van der Waals surface area contributed by atoms with Gasteiger partial charge in [-0.1, -0.05) is 25.8 Å². The lowest BCUT2D eigenvalue weighted by Gasteiger charge is -2.29. The van der Waals surface area contributed by atoms with Gasteiger partial charge in [0, 0.05) is 17.5 Å². The summed E-state index contributed by atoms with van der Waals surface area (Å²) in [7, 11) is 0. The van der Waals surface area contributed by atoms with Gasteiger partial charge in [-0.05, 0) is 48.1 Å². The van der Waals surface area contributed by atoms with Crippen molar-refractivity contribution in [2.24, 2.45) is 5.41 Å². The smallest absolute Gasteiger partial charge is 0.165 e. The van der Waals surface area contributed by atoms with Gasteiger partial charge in [0.25, 0.3) is 0 Å². The van der Waals surface area contributed by atoms with Gasteiger partial charge >= 0.3 is 0 Å². The first-order valence-electron chi connectivity index (χ1n) is 7.52. The molecular formula is C20H16N2O. The minimum Gasteiger partial charge on any atom is -0.294 e. The van der Waals surface area contributed by atoms with Crippen molar-refractivity contribution >= 4 is 5.78 Å².